The summed E-state index contributed by atoms with van der Waals surface area (Å²) in [4.78, 5) is 21.8. The monoisotopic (exact) mass is 445 g/mol. The predicted octanol–water partition coefficient (Wildman–Crippen LogP) is 4.45. The van der Waals surface area contributed by atoms with Gasteiger partial charge in [0.25, 0.3) is 0 Å². The van der Waals surface area contributed by atoms with Gasteiger partial charge in [-0.2, -0.15) is 0 Å². The zero-order chi connectivity index (χ0) is 23.5. The van der Waals surface area contributed by atoms with E-state index in [0.29, 0.717) is 39.1 Å². The van der Waals surface area contributed by atoms with Crippen molar-refractivity contribution in [3.05, 3.63) is 84.1 Å². The highest BCUT2D eigenvalue weighted by Crippen LogP contribution is 2.40. The number of amides is 1. The molecule has 33 heavy (non-hydrogen) atoms. The number of hydrogen-bond donors (Lipinski definition) is 1. The molecular formula is C28H35N3O2. The summed E-state index contributed by atoms with van der Waals surface area (Å²) in [6.45, 7) is 8.40. The van der Waals surface area contributed by atoms with Crippen molar-refractivity contribution in [3.8, 4) is 0 Å². The Hall–Kier alpha value is -2.92. The van der Waals surface area contributed by atoms with Gasteiger partial charge in [0, 0.05) is 37.7 Å². The van der Waals surface area contributed by atoms with Gasteiger partial charge in [-0.1, -0.05) is 81.4 Å². The minimum absolute atomic E-state index is 0.163. The lowest BCUT2D eigenvalue weighted by molar-refractivity contribution is -0.153. The van der Waals surface area contributed by atoms with Crippen molar-refractivity contribution < 1.29 is 9.90 Å². The van der Waals surface area contributed by atoms with Crippen LogP contribution in [0.3, 0.4) is 0 Å². The third kappa shape index (κ3) is 5.19. The van der Waals surface area contributed by atoms with E-state index in [-0.39, 0.29) is 11.8 Å². The van der Waals surface area contributed by atoms with Crippen LogP contribution in [0.4, 0.5) is 0 Å². The molecule has 4 rings (SSSR count). The van der Waals surface area contributed by atoms with Crippen molar-refractivity contribution in [3.63, 3.8) is 0 Å². The number of piperidine rings is 1. The largest absolute Gasteiger partial charge is 0.387 e. The maximum absolute atomic E-state index is 13.0. The van der Waals surface area contributed by atoms with E-state index in [1.165, 1.54) is 5.56 Å². The molecule has 2 heterocycles. The van der Waals surface area contributed by atoms with Crippen LogP contribution in [0, 0.1) is 5.41 Å². The van der Waals surface area contributed by atoms with Crippen LogP contribution in [0.15, 0.2) is 77.9 Å². The molecule has 174 valence electrons. The van der Waals surface area contributed by atoms with Crippen molar-refractivity contribution >= 4 is 11.6 Å². The van der Waals surface area contributed by atoms with Gasteiger partial charge >= 0.3 is 0 Å². The SMILES string of the molecule is CC(CC(=O)N1CC[C@@](O)(CN2C=CC(c3ccccc3)=NC2)C(C)(C)C1)c1ccccc1. The fourth-order valence-corrected chi connectivity index (χ4v) is 4.84. The van der Waals surface area contributed by atoms with Gasteiger partial charge in [-0.15, -0.1) is 0 Å². The molecule has 2 aromatic rings. The smallest absolute Gasteiger partial charge is 0.223 e. The molecule has 1 fully saturated rings. The summed E-state index contributed by atoms with van der Waals surface area (Å²) in [5, 5.41) is 11.6. The first-order valence-corrected chi connectivity index (χ1v) is 11.8. The highest BCUT2D eigenvalue weighted by atomic mass is 16.3. The number of rotatable bonds is 6. The van der Waals surface area contributed by atoms with Crippen molar-refractivity contribution in [1.29, 1.82) is 0 Å². The molecule has 5 nitrogen and oxygen atoms in total. The summed E-state index contributed by atoms with van der Waals surface area (Å²) >= 11 is 0. The second-order valence-electron chi connectivity index (χ2n) is 10.1. The van der Waals surface area contributed by atoms with E-state index in [1.807, 2.05) is 53.6 Å². The van der Waals surface area contributed by atoms with Crippen LogP contribution in [-0.2, 0) is 4.79 Å². The van der Waals surface area contributed by atoms with Crippen LogP contribution in [-0.4, -0.2) is 58.4 Å². The van der Waals surface area contributed by atoms with E-state index in [1.54, 1.807) is 0 Å². The fraction of sp³-hybridized carbons (Fsp3) is 0.429. The molecule has 1 N–H and O–H groups in total. The minimum atomic E-state index is -0.890. The topological polar surface area (TPSA) is 56.1 Å². The average molecular weight is 446 g/mol. The lowest BCUT2D eigenvalue weighted by Crippen LogP contribution is -2.62. The van der Waals surface area contributed by atoms with Gasteiger partial charge in [-0.25, -0.2) is 0 Å². The molecular weight excluding hydrogens is 410 g/mol. The number of aliphatic hydroxyl groups is 1. The Morgan fingerprint density at radius 3 is 2.36 bits per heavy atom. The van der Waals surface area contributed by atoms with Gasteiger partial charge in [0.1, 0.15) is 6.67 Å². The number of hydrogen-bond acceptors (Lipinski definition) is 4. The zero-order valence-electron chi connectivity index (χ0n) is 19.9. The summed E-state index contributed by atoms with van der Waals surface area (Å²) in [5.74, 6) is 0.342. The molecule has 2 aromatic carbocycles. The van der Waals surface area contributed by atoms with E-state index < -0.39 is 11.0 Å². The maximum atomic E-state index is 13.0. The summed E-state index contributed by atoms with van der Waals surface area (Å²) < 4.78 is 0. The van der Waals surface area contributed by atoms with Gasteiger partial charge in [0.05, 0.1) is 11.3 Å². The number of carbonyl (C=O) groups excluding carboxylic acids is 1. The number of likely N-dealkylation sites (tertiary alicyclic amines) is 1. The number of carbonyl (C=O) groups is 1. The van der Waals surface area contributed by atoms with E-state index >= 15 is 0 Å². The molecule has 1 unspecified atom stereocenters. The van der Waals surface area contributed by atoms with Crippen molar-refractivity contribution in [2.24, 2.45) is 10.4 Å². The quantitative estimate of drug-likeness (QED) is 0.715. The predicted molar refractivity (Wildman–Crippen MR) is 133 cm³/mol. The standard InChI is InChI=1S/C28H35N3O2/c1-22(23-10-6-4-7-11-23)18-26(32)31-17-15-28(33,27(2,3)19-31)20-30-16-14-25(29-21-30)24-12-8-5-9-13-24/h4-14,16,22,33H,15,17-21H2,1-3H3/t22?,28-/m1/s1. The first kappa shape index (κ1) is 23.2. The van der Waals surface area contributed by atoms with E-state index in [9.17, 15) is 9.90 Å². The van der Waals surface area contributed by atoms with Crippen LogP contribution in [0.1, 0.15) is 50.7 Å². The molecule has 1 amide bonds. The Kier molecular flexibility index (Phi) is 6.71. The molecule has 5 heteroatoms. The van der Waals surface area contributed by atoms with E-state index in [2.05, 4.69) is 49.9 Å². The minimum Gasteiger partial charge on any atom is -0.387 e. The van der Waals surface area contributed by atoms with Crippen molar-refractivity contribution in [2.45, 2.75) is 45.1 Å². The normalized spacial score (nSPS) is 23.2. The average Bonchev–Trinajstić information content (AvgIpc) is 2.82. The highest BCUT2D eigenvalue weighted by molar-refractivity contribution is 6.08. The summed E-state index contributed by atoms with van der Waals surface area (Å²) in [5.41, 5.74) is 1.94. The Bertz CT molecular complexity index is 1020. The first-order chi connectivity index (χ1) is 15.8. The van der Waals surface area contributed by atoms with Crippen LogP contribution in [0.25, 0.3) is 0 Å². The Morgan fingerprint density at radius 2 is 1.76 bits per heavy atom. The van der Waals surface area contributed by atoms with Gasteiger partial charge in [0.2, 0.25) is 5.91 Å². The number of allylic oxidation sites excluding steroid dienone is 1. The second-order valence-corrected chi connectivity index (χ2v) is 10.1. The molecule has 0 saturated carbocycles. The molecule has 2 aliphatic heterocycles. The third-order valence-corrected chi connectivity index (χ3v) is 7.24. The zero-order valence-corrected chi connectivity index (χ0v) is 19.9. The van der Waals surface area contributed by atoms with Gasteiger partial charge in [-0.3, -0.25) is 9.79 Å². The molecule has 0 aliphatic carbocycles. The molecule has 0 radical (unpaired) electrons. The first-order valence-electron chi connectivity index (χ1n) is 11.8. The number of aliphatic imine (C=N–C) groups is 1. The van der Waals surface area contributed by atoms with Crippen molar-refractivity contribution in [2.75, 3.05) is 26.3 Å². The highest BCUT2D eigenvalue weighted by Gasteiger charge is 2.49. The lowest BCUT2D eigenvalue weighted by Gasteiger charge is -2.51. The Labute approximate surface area is 197 Å². The molecule has 2 aliphatic rings. The molecule has 1 saturated heterocycles. The van der Waals surface area contributed by atoms with E-state index in [4.69, 9.17) is 4.99 Å². The summed E-state index contributed by atoms with van der Waals surface area (Å²) in [7, 11) is 0. The summed E-state index contributed by atoms with van der Waals surface area (Å²) in [6.07, 6.45) is 5.09. The number of benzene rings is 2. The molecule has 0 bridgehead atoms. The number of nitrogens with zero attached hydrogens (tertiary/aromatic N) is 3. The van der Waals surface area contributed by atoms with Crippen LogP contribution < -0.4 is 0 Å². The van der Waals surface area contributed by atoms with E-state index in [0.717, 1.165) is 11.3 Å². The number of β-amino-alcohol motifs (C(OH)–C–C–N with tert-alkyl or cyclic N) is 1. The van der Waals surface area contributed by atoms with Crippen LogP contribution >= 0.6 is 0 Å². The van der Waals surface area contributed by atoms with Crippen molar-refractivity contribution in [1.82, 2.24) is 9.80 Å². The summed E-state index contributed by atoms with van der Waals surface area (Å²) in [6, 6.07) is 20.3. The Morgan fingerprint density at radius 1 is 1.09 bits per heavy atom. The molecule has 0 aromatic heterocycles. The molecule has 0 spiro atoms. The van der Waals surface area contributed by atoms with Crippen LogP contribution in [0.5, 0.6) is 0 Å². The van der Waals surface area contributed by atoms with Gasteiger partial charge in [-0.05, 0) is 29.5 Å². The second kappa shape index (κ2) is 9.52. The fourth-order valence-electron chi connectivity index (χ4n) is 4.84. The lowest BCUT2D eigenvalue weighted by atomic mass is 9.69. The third-order valence-electron chi connectivity index (χ3n) is 7.24. The maximum Gasteiger partial charge on any atom is 0.223 e. The molecule has 2 atom stereocenters. The van der Waals surface area contributed by atoms with Gasteiger partial charge in [0.15, 0.2) is 0 Å². The van der Waals surface area contributed by atoms with Crippen LogP contribution in [0.2, 0.25) is 0 Å². The Balaban J connectivity index is 1.35. The van der Waals surface area contributed by atoms with Gasteiger partial charge < -0.3 is 14.9 Å².